The Hall–Kier alpha value is -1.17. The van der Waals surface area contributed by atoms with Crippen molar-refractivity contribution in [1.29, 1.82) is 0 Å². The van der Waals surface area contributed by atoms with E-state index in [2.05, 4.69) is 5.32 Å². The molecule has 1 N–H and O–H groups in total. The Morgan fingerprint density at radius 3 is 2.37 bits per heavy atom. The van der Waals surface area contributed by atoms with Crippen LogP contribution in [0.5, 0.6) is 0 Å². The topological polar surface area (TPSA) is 49.4 Å². The number of nitrogens with zero attached hydrogens (tertiary/aromatic N) is 1. The van der Waals surface area contributed by atoms with E-state index in [1.54, 1.807) is 10.4 Å². The lowest BCUT2D eigenvalue weighted by Crippen LogP contribution is -2.30. The van der Waals surface area contributed by atoms with Crippen molar-refractivity contribution in [2.24, 2.45) is 11.8 Å². The molecule has 0 spiro atoms. The summed E-state index contributed by atoms with van der Waals surface area (Å²) in [7, 11) is -3.28. The van der Waals surface area contributed by atoms with Crippen molar-refractivity contribution in [3.05, 3.63) is 41.3 Å². The molecule has 2 fully saturated rings. The molecule has 0 bridgehead atoms. The Bertz CT molecular complexity index is 556. The van der Waals surface area contributed by atoms with Crippen molar-refractivity contribution in [2.75, 3.05) is 26.2 Å². The molecular weight excluding hydrogens is 260 g/mol. The highest BCUT2D eigenvalue weighted by Crippen LogP contribution is 2.28. The monoisotopic (exact) mass is 278 g/mol. The van der Waals surface area contributed by atoms with Gasteiger partial charge in [-0.2, -0.15) is 4.31 Å². The van der Waals surface area contributed by atoms with E-state index in [1.165, 1.54) is 5.41 Å². The van der Waals surface area contributed by atoms with Gasteiger partial charge in [0, 0.05) is 18.5 Å². The molecule has 0 aliphatic carbocycles. The van der Waals surface area contributed by atoms with Crippen LogP contribution in [-0.4, -0.2) is 38.9 Å². The molecule has 19 heavy (non-hydrogen) atoms. The summed E-state index contributed by atoms with van der Waals surface area (Å²) in [5, 5.41) is 4.64. The summed E-state index contributed by atoms with van der Waals surface area (Å²) in [5.41, 5.74) is 0.909. The normalized spacial score (nSPS) is 28.0. The minimum Gasteiger partial charge on any atom is -0.316 e. The van der Waals surface area contributed by atoms with Gasteiger partial charge in [0.1, 0.15) is 0 Å². The summed E-state index contributed by atoms with van der Waals surface area (Å²) >= 11 is 0. The van der Waals surface area contributed by atoms with Crippen LogP contribution in [0.25, 0.3) is 6.08 Å². The molecule has 2 atom stereocenters. The predicted octanol–water partition coefficient (Wildman–Crippen LogP) is 1.14. The SMILES string of the molecule is O=S(=O)(/C=C/c1ccccc1)N1C[C@H]2CNC[C@H]2C1. The third-order valence-electron chi connectivity index (χ3n) is 3.95. The van der Waals surface area contributed by atoms with E-state index in [0.29, 0.717) is 24.9 Å². The lowest BCUT2D eigenvalue weighted by Gasteiger charge is -2.14. The first kappa shape index (κ1) is 12.8. The molecule has 2 aliphatic rings. The van der Waals surface area contributed by atoms with Crippen LogP contribution in [0.15, 0.2) is 35.7 Å². The minimum absolute atomic E-state index is 0.486. The first-order chi connectivity index (χ1) is 9.15. The summed E-state index contributed by atoms with van der Waals surface area (Å²) in [6.45, 7) is 3.19. The van der Waals surface area contributed by atoms with E-state index in [9.17, 15) is 8.42 Å². The highest BCUT2D eigenvalue weighted by atomic mass is 32.2. The van der Waals surface area contributed by atoms with Crippen molar-refractivity contribution >= 4 is 16.1 Å². The Morgan fingerprint density at radius 1 is 1.11 bits per heavy atom. The van der Waals surface area contributed by atoms with Crippen LogP contribution in [0.1, 0.15) is 5.56 Å². The molecule has 2 aliphatic heterocycles. The molecule has 0 aromatic heterocycles. The van der Waals surface area contributed by atoms with E-state index in [-0.39, 0.29) is 0 Å². The fraction of sp³-hybridized carbons (Fsp3) is 0.429. The quantitative estimate of drug-likeness (QED) is 0.902. The Kier molecular flexibility index (Phi) is 3.43. The van der Waals surface area contributed by atoms with Crippen molar-refractivity contribution < 1.29 is 8.42 Å². The zero-order valence-corrected chi connectivity index (χ0v) is 11.5. The van der Waals surface area contributed by atoms with Gasteiger partial charge in [-0.3, -0.25) is 0 Å². The number of nitrogens with one attached hydrogen (secondary N) is 1. The smallest absolute Gasteiger partial charge is 0.236 e. The second kappa shape index (κ2) is 5.07. The maximum atomic E-state index is 12.3. The van der Waals surface area contributed by atoms with Crippen molar-refractivity contribution in [1.82, 2.24) is 9.62 Å². The van der Waals surface area contributed by atoms with Crippen molar-refractivity contribution in [2.45, 2.75) is 0 Å². The molecule has 1 aromatic rings. The standard InChI is InChI=1S/C14H18N2O2S/c17-19(18,7-6-12-4-2-1-3-5-12)16-10-13-8-15-9-14(13)11-16/h1-7,13-15H,8-11H2/b7-6+/t13-,14+. The van der Waals surface area contributed by atoms with E-state index in [1.807, 2.05) is 30.3 Å². The summed E-state index contributed by atoms with van der Waals surface area (Å²) in [4.78, 5) is 0. The number of benzene rings is 1. The van der Waals surface area contributed by atoms with Gasteiger partial charge in [-0.1, -0.05) is 30.3 Å². The zero-order valence-electron chi connectivity index (χ0n) is 10.7. The highest BCUT2D eigenvalue weighted by molar-refractivity contribution is 7.92. The molecule has 5 heteroatoms. The van der Waals surface area contributed by atoms with Crippen molar-refractivity contribution in [3.8, 4) is 0 Å². The molecule has 0 amide bonds. The minimum atomic E-state index is -3.28. The predicted molar refractivity (Wildman–Crippen MR) is 75.8 cm³/mol. The van der Waals surface area contributed by atoms with Gasteiger partial charge in [0.05, 0.1) is 0 Å². The lowest BCUT2D eigenvalue weighted by molar-refractivity contribution is 0.455. The maximum absolute atomic E-state index is 12.3. The number of fused-ring (bicyclic) bond motifs is 1. The third-order valence-corrected chi connectivity index (χ3v) is 5.45. The molecule has 102 valence electrons. The molecule has 3 rings (SSSR count). The first-order valence-corrected chi connectivity index (χ1v) is 8.09. The molecule has 2 saturated heterocycles. The number of rotatable bonds is 3. The summed E-state index contributed by atoms with van der Waals surface area (Å²) in [5.74, 6) is 0.972. The van der Waals surface area contributed by atoms with Crippen LogP contribution in [0.2, 0.25) is 0 Å². The molecule has 0 saturated carbocycles. The maximum Gasteiger partial charge on any atom is 0.236 e. The molecular formula is C14H18N2O2S. The number of sulfonamides is 1. The summed E-state index contributed by atoms with van der Waals surface area (Å²) < 4.78 is 26.1. The Morgan fingerprint density at radius 2 is 1.74 bits per heavy atom. The van der Waals surface area contributed by atoms with Gasteiger partial charge in [0.15, 0.2) is 0 Å². The van der Waals surface area contributed by atoms with Crippen LogP contribution >= 0.6 is 0 Å². The largest absolute Gasteiger partial charge is 0.316 e. The van der Waals surface area contributed by atoms with Gasteiger partial charge in [-0.25, -0.2) is 8.42 Å². The molecule has 4 nitrogen and oxygen atoms in total. The van der Waals surface area contributed by atoms with Crippen LogP contribution in [0, 0.1) is 11.8 Å². The fourth-order valence-corrected chi connectivity index (χ4v) is 4.13. The van der Waals surface area contributed by atoms with Crippen molar-refractivity contribution in [3.63, 3.8) is 0 Å². The number of hydrogen-bond donors (Lipinski definition) is 1. The van der Waals surface area contributed by atoms with Gasteiger partial charge >= 0.3 is 0 Å². The fourth-order valence-electron chi connectivity index (χ4n) is 2.83. The Balaban J connectivity index is 1.72. The number of hydrogen-bond acceptors (Lipinski definition) is 3. The lowest BCUT2D eigenvalue weighted by atomic mass is 10.0. The second-order valence-corrected chi connectivity index (χ2v) is 7.07. The van der Waals surface area contributed by atoms with Gasteiger partial charge < -0.3 is 5.32 Å². The summed E-state index contributed by atoms with van der Waals surface area (Å²) in [6, 6.07) is 9.51. The van der Waals surface area contributed by atoms with E-state index in [4.69, 9.17) is 0 Å². The Labute approximate surface area is 114 Å². The third kappa shape index (κ3) is 2.73. The van der Waals surface area contributed by atoms with Crippen LogP contribution < -0.4 is 5.32 Å². The second-order valence-electron chi connectivity index (χ2n) is 5.25. The first-order valence-electron chi connectivity index (χ1n) is 6.59. The van der Waals surface area contributed by atoms with Crippen LogP contribution in [-0.2, 0) is 10.0 Å². The average Bonchev–Trinajstić information content (AvgIpc) is 2.99. The van der Waals surface area contributed by atoms with E-state index in [0.717, 1.165) is 18.7 Å². The molecule has 0 radical (unpaired) electrons. The summed E-state index contributed by atoms with van der Waals surface area (Å²) in [6.07, 6.45) is 1.67. The highest BCUT2D eigenvalue weighted by Gasteiger charge is 2.40. The van der Waals surface area contributed by atoms with E-state index >= 15 is 0 Å². The van der Waals surface area contributed by atoms with Crippen LogP contribution in [0.4, 0.5) is 0 Å². The van der Waals surface area contributed by atoms with Gasteiger partial charge in [0.25, 0.3) is 0 Å². The molecule has 0 unspecified atom stereocenters. The average molecular weight is 278 g/mol. The van der Waals surface area contributed by atoms with Gasteiger partial charge in [-0.05, 0) is 36.6 Å². The molecule has 1 aromatic carbocycles. The van der Waals surface area contributed by atoms with Gasteiger partial charge in [0.2, 0.25) is 10.0 Å². The van der Waals surface area contributed by atoms with Gasteiger partial charge in [-0.15, -0.1) is 0 Å². The van der Waals surface area contributed by atoms with Crippen LogP contribution in [0.3, 0.4) is 0 Å². The molecule has 2 heterocycles. The van der Waals surface area contributed by atoms with E-state index < -0.39 is 10.0 Å². The zero-order chi connectivity index (χ0) is 13.3.